The lowest BCUT2D eigenvalue weighted by Gasteiger charge is -2.13. The van der Waals surface area contributed by atoms with Gasteiger partial charge in [0.25, 0.3) is 0 Å². The molecule has 1 saturated carbocycles. The second-order valence-corrected chi connectivity index (χ2v) is 5.37. The van der Waals surface area contributed by atoms with E-state index in [1.165, 1.54) is 51.4 Å². The van der Waals surface area contributed by atoms with Crippen LogP contribution >= 0.6 is 0 Å². The average Bonchev–Trinajstić information content (AvgIpc) is 2.67. The summed E-state index contributed by atoms with van der Waals surface area (Å²) in [6, 6.07) is 0. The molecule has 3 heteroatoms. The summed E-state index contributed by atoms with van der Waals surface area (Å²) in [5.74, 6) is 3.36. The van der Waals surface area contributed by atoms with Crippen LogP contribution in [0, 0.1) is 18.3 Å². The number of nitrogens with one attached hydrogen (secondary N) is 1. The monoisotopic (exact) mass is 265 g/mol. The van der Waals surface area contributed by atoms with Gasteiger partial charge >= 0.3 is 6.09 Å². The van der Waals surface area contributed by atoms with E-state index in [0.717, 1.165) is 12.3 Å². The van der Waals surface area contributed by atoms with Crippen molar-refractivity contribution in [1.82, 2.24) is 5.32 Å². The van der Waals surface area contributed by atoms with E-state index in [1.54, 1.807) is 0 Å². The summed E-state index contributed by atoms with van der Waals surface area (Å²) in [4.78, 5) is 11.2. The lowest BCUT2D eigenvalue weighted by atomic mass is 9.94. The Bertz CT molecular complexity index is 275. The number of rotatable bonds is 7. The van der Waals surface area contributed by atoms with Crippen molar-refractivity contribution in [2.45, 2.75) is 64.2 Å². The van der Waals surface area contributed by atoms with Gasteiger partial charge in [0.1, 0.15) is 6.61 Å². The third-order valence-electron chi connectivity index (χ3n) is 3.76. The fraction of sp³-hybridized carbons (Fsp3) is 0.812. The van der Waals surface area contributed by atoms with Crippen molar-refractivity contribution in [3.8, 4) is 12.3 Å². The Hall–Kier alpha value is -1.17. The molecule has 0 bridgehead atoms. The Balaban J connectivity index is 1.92. The maximum atomic E-state index is 11.2. The SMILES string of the molecule is C#CCCOC(=O)NCCCCC1CCCCCC1. The van der Waals surface area contributed by atoms with Crippen LogP contribution in [0.25, 0.3) is 0 Å². The molecule has 1 amide bonds. The van der Waals surface area contributed by atoms with Crippen molar-refractivity contribution in [2.75, 3.05) is 13.2 Å². The Morgan fingerprint density at radius 3 is 2.63 bits per heavy atom. The number of alkyl carbamates (subject to hydrolysis) is 1. The Kier molecular flexibility index (Phi) is 8.97. The highest BCUT2D eigenvalue weighted by Gasteiger charge is 2.11. The van der Waals surface area contributed by atoms with Crippen LogP contribution in [0.4, 0.5) is 4.79 Å². The summed E-state index contributed by atoms with van der Waals surface area (Å²) >= 11 is 0. The number of terminal acetylenes is 1. The van der Waals surface area contributed by atoms with Gasteiger partial charge in [-0.25, -0.2) is 4.79 Å². The molecular weight excluding hydrogens is 238 g/mol. The van der Waals surface area contributed by atoms with Crippen molar-refractivity contribution in [1.29, 1.82) is 0 Å². The van der Waals surface area contributed by atoms with Crippen LogP contribution in [0.15, 0.2) is 0 Å². The zero-order chi connectivity index (χ0) is 13.8. The molecule has 0 saturated heterocycles. The summed E-state index contributed by atoms with van der Waals surface area (Å²) in [5, 5.41) is 2.76. The fourth-order valence-corrected chi connectivity index (χ4v) is 2.65. The van der Waals surface area contributed by atoms with E-state index in [2.05, 4.69) is 11.2 Å². The van der Waals surface area contributed by atoms with Crippen LogP contribution in [0.1, 0.15) is 64.2 Å². The summed E-state index contributed by atoms with van der Waals surface area (Å²) in [6.45, 7) is 1.02. The standard InChI is InChI=1S/C16H27NO2/c1-2-3-14-19-16(18)17-13-9-8-12-15-10-6-4-5-7-11-15/h1,15H,3-14H2,(H,17,18). The first-order valence-corrected chi connectivity index (χ1v) is 7.67. The molecule has 108 valence electrons. The third kappa shape index (κ3) is 8.53. The Morgan fingerprint density at radius 1 is 1.21 bits per heavy atom. The van der Waals surface area contributed by atoms with E-state index in [0.29, 0.717) is 19.6 Å². The molecular formula is C16H27NO2. The molecule has 1 N–H and O–H groups in total. The molecule has 0 atom stereocenters. The van der Waals surface area contributed by atoms with Gasteiger partial charge in [0.15, 0.2) is 0 Å². The molecule has 1 rings (SSSR count). The second-order valence-electron chi connectivity index (χ2n) is 5.37. The van der Waals surface area contributed by atoms with Gasteiger partial charge in [-0.1, -0.05) is 51.4 Å². The third-order valence-corrected chi connectivity index (χ3v) is 3.76. The molecule has 1 fully saturated rings. The minimum Gasteiger partial charge on any atom is -0.449 e. The summed E-state index contributed by atoms with van der Waals surface area (Å²) in [6.07, 6.45) is 17.2. The number of carbonyl (C=O) groups is 1. The molecule has 0 spiro atoms. The van der Waals surface area contributed by atoms with Gasteiger partial charge in [0.05, 0.1) is 0 Å². The van der Waals surface area contributed by atoms with Gasteiger partial charge in [-0.3, -0.25) is 0 Å². The summed E-state index contributed by atoms with van der Waals surface area (Å²) < 4.78 is 4.90. The van der Waals surface area contributed by atoms with E-state index >= 15 is 0 Å². The second kappa shape index (κ2) is 10.7. The Labute approximate surface area is 117 Å². The van der Waals surface area contributed by atoms with Crippen LogP contribution in [-0.2, 0) is 4.74 Å². The quantitative estimate of drug-likeness (QED) is 0.431. The lowest BCUT2D eigenvalue weighted by molar-refractivity contribution is 0.148. The zero-order valence-electron chi connectivity index (χ0n) is 12.0. The van der Waals surface area contributed by atoms with Crippen LogP contribution in [0.2, 0.25) is 0 Å². The molecule has 0 aromatic carbocycles. The average molecular weight is 265 g/mol. The molecule has 0 aromatic rings. The van der Waals surface area contributed by atoms with Crippen molar-refractivity contribution in [3.63, 3.8) is 0 Å². The molecule has 0 unspecified atom stereocenters. The summed E-state index contributed by atoms with van der Waals surface area (Å²) in [5.41, 5.74) is 0. The first-order chi connectivity index (χ1) is 9.33. The first kappa shape index (κ1) is 15.9. The van der Waals surface area contributed by atoms with Gasteiger partial charge in [-0.15, -0.1) is 12.3 Å². The van der Waals surface area contributed by atoms with Gasteiger partial charge in [0, 0.05) is 13.0 Å². The van der Waals surface area contributed by atoms with Crippen LogP contribution in [0.5, 0.6) is 0 Å². The minimum atomic E-state index is -0.343. The van der Waals surface area contributed by atoms with E-state index in [-0.39, 0.29) is 6.09 Å². The predicted molar refractivity (Wildman–Crippen MR) is 77.8 cm³/mol. The van der Waals surface area contributed by atoms with Crippen molar-refractivity contribution < 1.29 is 9.53 Å². The van der Waals surface area contributed by atoms with Crippen LogP contribution in [-0.4, -0.2) is 19.2 Å². The molecule has 0 aromatic heterocycles. The molecule has 3 nitrogen and oxygen atoms in total. The normalized spacial score (nSPS) is 16.4. The van der Waals surface area contributed by atoms with E-state index in [9.17, 15) is 4.79 Å². The highest BCUT2D eigenvalue weighted by molar-refractivity contribution is 5.66. The minimum absolute atomic E-state index is 0.310. The lowest BCUT2D eigenvalue weighted by Crippen LogP contribution is -2.25. The van der Waals surface area contributed by atoms with Crippen LogP contribution < -0.4 is 5.32 Å². The maximum Gasteiger partial charge on any atom is 0.407 e. The number of carbonyl (C=O) groups excluding carboxylic acids is 1. The van der Waals surface area contributed by atoms with E-state index < -0.39 is 0 Å². The van der Waals surface area contributed by atoms with Crippen molar-refractivity contribution in [3.05, 3.63) is 0 Å². The largest absolute Gasteiger partial charge is 0.449 e. The van der Waals surface area contributed by atoms with Crippen molar-refractivity contribution in [2.24, 2.45) is 5.92 Å². The van der Waals surface area contributed by atoms with Gasteiger partial charge in [0.2, 0.25) is 0 Å². The van der Waals surface area contributed by atoms with Crippen LogP contribution in [0.3, 0.4) is 0 Å². The molecule has 1 aliphatic carbocycles. The number of ether oxygens (including phenoxy) is 1. The van der Waals surface area contributed by atoms with Gasteiger partial charge in [-0.05, 0) is 12.3 Å². The molecule has 0 radical (unpaired) electrons. The van der Waals surface area contributed by atoms with Gasteiger partial charge < -0.3 is 10.1 Å². The smallest absolute Gasteiger partial charge is 0.407 e. The number of hydrogen-bond acceptors (Lipinski definition) is 2. The predicted octanol–water partition coefficient (Wildman–Crippen LogP) is 3.88. The highest BCUT2D eigenvalue weighted by atomic mass is 16.5. The number of amides is 1. The molecule has 0 heterocycles. The topological polar surface area (TPSA) is 38.3 Å². The number of unbranched alkanes of at least 4 members (excludes halogenated alkanes) is 1. The molecule has 19 heavy (non-hydrogen) atoms. The molecule has 0 aliphatic heterocycles. The summed E-state index contributed by atoms with van der Waals surface area (Å²) in [7, 11) is 0. The highest BCUT2D eigenvalue weighted by Crippen LogP contribution is 2.26. The zero-order valence-corrected chi connectivity index (χ0v) is 12.0. The van der Waals surface area contributed by atoms with E-state index in [4.69, 9.17) is 11.2 Å². The Morgan fingerprint density at radius 2 is 1.95 bits per heavy atom. The number of hydrogen-bond donors (Lipinski definition) is 1. The molecule has 1 aliphatic rings. The van der Waals surface area contributed by atoms with Crippen molar-refractivity contribution >= 4 is 6.09 Å². The maximum absolute atomic E-state index is 11.2. The first-order valence-electron chi connectivity index (χ1n) is 7.67. The fourth-order valence-electron chi connectivity index (χ4n) is 2.65. The van der Waals surface area contributed by atoms with E-state index in [1.807, 2.05) is 0 Å². The van der Waals surface area contributed by atoms with Gasteiger partial charge in [-0.2, -0.15) is 0 Å².